The third-order valence-corrected chi connectivity index (χ3v) is 3.05. The molecule has 0 aliphatic heterocycles. The van der Waals surface area contributed by atoms with Crippen LogP contribution < -0.4 is 0 Å². The van der Waals surface area contributed by atoms with E-state index in [2.05, 4.69) is 4.98 Å². The molecule has 3 rings (SSSR count). The van der Waals surface area contributed by atoms with Crippen molar-refractivity contribution in [3.05, 3.63) is 64.9 Å². The van der Waals surface area contributed by atoms with E-state index in [0.29, 0.717) is 10.6 Å². The molecule has 3 aromatic rings. The fourth-order valence-corrected chi connectivity index (χ4v) is 2.08. The van der Waals surface area contributed by atoms with Gasteiger partial charge >= 0.3 is 0 Å². The summed E-state index contributed by atoms with van der Waals surface area (Å²) in [6.07, 6.45) is 0.175. The Bertz CT molecular complexity index is 741. The molecule has 0 aliphatic rings. The highest BCUT2D eigenvalue weighted by molar-refractivity contribution is 6.31. The van der Waals surface area contributed by atoms with Gasteiger partial charge in [-0.1, -0.05) is 11.6 Å². The zero-order valence-corrected chi connectivity index (χ0v) is 10.4. The minimum Gasteiger partial charge on any atom is -0.458 e. The van der Waals surface area contributed by atoms with Crippen LogP contribution in [0.1, 0.15) is 17.6 Å². The number of nitrogens with zero attached hydrogens (tertiary/aromatic N) is 1. The summed E-state index contributed by atoms with van der Waals surface area (Å²) in [6.45, 7) is 0. The third-order valence-electron chi connectivity index (χ3n) is 2.81. The molecule has 1 atom stereocenters. The molecule has 2 aromatic heterocycles. The largest absolute Gasteiger partial charge is 0.458 e. The van der Waals surface area contributed by atoms with Crippen molar-refractivity contribution in [1.29, 1.82) is 0 Å². The van der Waals surface area contributed by atoms with Crippen LogP contribution in [0.5, 0.6) is 0 Å². The zero-order valence-electron chi connectivity index (χ0n) is 9.68. The molecule has 0 bridgehead atoms. The fourth-order valence-electron chi connectivity index (χ4n) is 1.90. The van der Waals surface area contributed by atoms with Crippen LogP contribution in [0.15, 0.2) is 47.0 Å². The number of hydrogen-bond donors (Lipinski definition) is 1. The van der Waals surface area contributed by atoms with Gasteiger partial charge in [-0.2, -0.15) is 0 Å². The second-order valence-electron chi connectivity index (χ2n) is 4.10. The molecular formula is C14H9ClFNO2. The molecule has 0 radical (unpaired) electrons. The van der Waals surface area contributed by atoms with Gasteiger partial charge in [-0.25, -0.2) is 4.39 Å². The monoisotopic (exact) mass is 277 g/mol. The lowest BCUT2D eigenvalue weighted by Gasteiger charge is -2.07. The first kappa shape index (κ1) is 12.1. The van der Waals surface area contributed by atoms with Crippen molar-refractivity contribution < 1.29 is 13.9 Å². The van der Waals surface area contributed by atoms with E-state index in [1.807, 2.05) is 0 Å². The van der Waals surface area contributed by atoms with E-state index in [4.69, 9.17) is 16.0 Å². The molecule has 1 aromatic carbocycles. The van der Waals surface area contributed by atoms with Gasteiger partial charge in [-0.15, -0.1) is 0 Å². The number of aliphatic hydroxyl groups is 1. The Morgan fingerprint density at radius 3 is 2.89 bits per heavy atom. The topological polar surface area (TPSA) is 46.3 Å². The first-order valence-corrected chi connectivity index (χ1v) is 6.00. The van der Waals surface area contributed by atoms with Crippen LogP contribution in [0, 0.1) is 5.82 Å². The molecule has 0 spiro atoms. The quantitative estimate of drug-likeness (QED) is 0.777. The average Bonchev–Trinajstić information content (AvgIpc) is 2.81. The van der Waals surface area contributed by atoms with Crippen LogP contribution in [-0.4, -0.2) is 10.1 Å². The van der Waals surface area contributed by atoms with Crippen molar-refractivity contribution in [1.82, 2.24) is 4.98 Å². The fraction of sp³-hybridized carbons (Fsp3) is 0.0714. The lowest BCUT2D eigenvalue weighted by atomic mass is 10.1. The highest BCUT2D eigenvalue weighted by Gasteiger charge is 2.20. The van der Waals surface area contributed by atoms with Gasteiger partial charge in [0, 0.05) is 16.6 Å². The number of hydrogen-bond acceptors (Lipinski definition) is 3. The second-order valence-corrected chi connectivity index (χ2v) is 4.54. The summed E-state index contributed by atoms with van der Waals surface area (Å²) in [5, 5.41) is 11.4. The van der Waals surface area contributed by atoms with Gasteiger partial charge in [0.2, 0.25) is 0 Å². The number of furan rings is 1. The normalized spacial score (nSPS) is 12.8. The van der Waals surface area contributed by atoms with Crippen LogP contribution in [-0.2, 0) is 0 Å². The standard InChI is InChI=1S/C14H9ClFNO2/c15-9-3-4-11-8(6-9)7-12(19-11)14(18)13-10(16)2-1-5-17-13/h1-7,14,18H. The zero-order chi connectivity index (χ0) is 13.4. The molecule has 2 heterocycles. The predicted octanol–water partition coefficient (Wildman–Crippen LogP) is 3.70. The second kappa shape index (κ2) is 4.64. The summed E-state index contributed by atoms with van der Waals surface area (Å²) in [5.41, 5.74) is 0.516. The van der Waals surface area contributed by atoms with E-state index >= 15 is 0 Å². The first-order valence-electron chi connectivity index (χ1n) is 5.62. The van der Waals surface area contributed by atoms with E-state index in [1.54, 1.807) is 24.3 Å². The van der Waals surface area contributed by atoms with Crippen LogP contribution in [0.3, 0.4) is 0 Å². The van der Waals surface area contributed by atoms with Gasteiger partial charge < -0.3 is 9.52 Å². The van der Waals surface area contributed by atoms with Crippen molar-refractivity contribution in [3.63, 3.8) is 0 Å². The molecular weight excluding hydrogens is 269 g/mol. The summed E-state index contributed by atoms with van der Waals surface area (Å²) in [4.78, 5) is 3.83. The van der Waals surface area contributed by atoms with E-state index in [1.165, 1.54) is 18.3 Å². The molecule has 3 nitrogen and oxygen atoms in total. The number of aliphatic hydroxyl groups excluding tert-OH is 1. The molecule has 0 amide bonds. The smallest absolute Gasteiger partial charge is 0.156 e. The molecule has 0 saturated carbocycles. The van der Waals surface area contributed by atoms with E-state index in [-0.39, 0.29) is 11.5 Å². The Kier molecular flexibility index (Phi) is 2.97. The molecule has 96 valence electrons. The Morgan fingerprint density at radius 2 is 2.11 bits per heavy atom. The van der Waals surface area contributed by atoms with Gasteiger partial charge in [-0.3, -0.25) is 4.98 Å². The Labute approximate surface area is 113 Å². The van der Waals surface area contributed by atoms with Crippen molar-refractivity contribution in [2.75, 3.05) is 0 Å². The van der Waals surface area contributed by atoms with Crippen molar-refractivity contribution >= 4 is 22.6 Å². The summed E-state index contributed by atoms with van der Waals surface area (Å²) < 4.78 is 19.0. The van der Waals surface area contributed by atoms with Gasteiger partial charge in [0.15, 0.2) is 6.10 Å². The summed E-state index contributed by atoms with van der Waals surface area (Å²) in [7, 11) is 0. The highest BCUT2D eigenvalue weighted by atomic mass is 35.5. The average molecular weight is 278 g/mol. The number of halogens is 2. The van der Waals surface area contributed by atoms with E-state index < -0.39 is 11.9 Å². The van der Waals surface area contributed by atoms with Crippen LogP contribution in [0.25, 0.3) is 11.0 Å². The SMILES string of the molecule is OC(c1cc2cc(Cl)ccc2o1)c1ncccc1F. The van der Waals surface area contributed by atoms with E-state index in [0.717, 1.165) is 5.39 Å². The third kappa shape index (κ3) is 2.20. The maximum absolute atomic E-state index is 13.6. The number of fused-ring (bicyclic) bond motifs is 1. The molecule has 5 heteroatoms. The minimum absolute atomic E-state index is 0.0624. The van der Waals surface area contributed by atoms with Crippen molar-refractivity contribution in [3.8, 4) is 0 Å². The lowest BCUT2D eigenvalue weighted by molar-refractivity contribution is 0.182. The van der Waals surface area contributed by atoms with Crippen molar-refractivity contribution in [2.45, 2.75) is 6.10 Å². The molecule has 0 fully saturated rings. The summed E-state index contributed by atoms with van der Waals surface area (Å²) >= 11 is 5.87. The Balaban J connectivity index is 2.07. The number of rotatable bonds is 2. The van der Waals surface area contributed by atoms with Crippen LogP contribution in [0.2, 0.25) is 5.02 Å². The van der Waals surface area contributed by atoms with E-state index in [9.17, 15) is 9.50 Å². The maximum Gasteiger partial charge on any atom is 0.156 e. The van der Waals surface area contributed by atoms with Crippen molar-refractivity contribution in [2.24, 2.45) is 0 Å². The molecule has 1 N–H and O–H groups in total. The summed E-state index contributed by atoms with van der Waals surface area (Å²) in [5.74, 6) is -0.344. The Hall–Kier alpha value is -1.91. The minimum atomic E-state index is -1.24. The van der Waals surface area contributed by atoms with Crippen LogP contribution in [0.4, 0.5) is 4.39 Å². The first-order chi connectivity index (χ1) is 9.15. The maximum atomic E-state index is 13.6. The number of aromatic nitrogens is 1. The van der Waals surface area contributed by atoms with Gasteiger partial charge in [-0.05, 0) is 36.4 Å². The van der Waals surface area contributed by atoms with Gasteiger partial charge in [0.25, 0.3) is 0 Å². The molecule has 1 unspecified atom stereocenters. The molecule has 0 saturated heterocycles. The molecule has 19 heavy (non-hydrogen) atoms. The highest BCUT2D eigenvalue weighted by Crippen LogP contribution is 2.29. The molecule has 0 aliphatic carbocycles. The van der Waals surface area contributed by atoms with Gasteiger partial charge in [0.1, 0.15) is 22.9 Å². The Morgan fingerprint density at radius 1 is 1.26 bits per heavy atom. The summed E-state index contributed by atoms with van der Waals surface area (Å²) in [6, 6.07) is 9.42. The lowest BCUT2D eigenvalue weighted by Crippen LogP contribution is -2.03. The van der Waals surface area contributed by atoms with Gasteiger partial charge in [0.05, 0.1) is 0 Å². The van der Waals surface area contributed by atoms with Crippen LogP contribution >= 0.6 is 11.6 Å². The predicted molar refractivity (Wildman–Crippen MR) is 69.5 cm³/mol. The number of benzene rings is 1. The number of pyridine rings is 1.